The molecule has 160 valence electrons. The Morgan fingerprint density at radius 2 is 1.77 bits per heavy atom. The van der Waals surface area contributed by atoms with Crippen LogP contribution >= 0.6 is 0 Å². The Morgan fingerprint density at radius 3 is 2.37 bits per heavy atom. The smallest absolute Gasteiger partial charge is 0.404 e. The van der Waals surface area contributed by atoms with Crippen LogP contribution in [0, 0.1) is 11.8 Å². The number of hydrogen-bond donors (Lipinski definition) is 3. The van der Waals surface area contributed by atoms with Crippen molar-refractivity contribution in [3.05, 3.63) is 42.2 Å². The van der Waals surface area contributed by atoms with Crippen molar-refractivity contribution in [1.29, 1.82) is 0 Å². The first-order valence-corrected chi connectivity index (χ1v) is 10.4. The average molecular weight is 412 g/mol. The predicted molar refractivity (Wildman–Crippen MR) is 112 cm³/mol. The second kappa shape index (κ2) is 10.6. The van der Waals surface area contributed by atoms with E-state index in [4.69, 9.17) is 9.84 Å². The van der Waals surface area contributed by atoms with Gasteiger partial charge in [0.25, 0.3) is 5.91 Å². The monoisotopic (exact) mass is 412 g/mol. The molecule has 2 amide bonds. The van der Waals surface area contributed by atoms with Crippen LogP contribution in [0.15, 0.2) is 36.7 Å². The van der Waals surface area contributed by atoms with Crippen LogP contribution in [0.3, 0.4) is 0 Å². The number of hydrogen-bond acceptors (Lipinski definition) is 5. The van der Waals surface area contributed by atoms with Gasteiger partial charge >= 0.3 is 6.09 Å². The zero-order valence-corrected chi connectivity index (χ0v) is 17.1. The maximum Gasteiger partial charge on any atom is 0.404 e. The van der Waals surface area contributed by atoms with Gasteiger partial charge < -0.3 is 20.5 Å². The molecule has 0 radical (unpaired) electrons. The van der Waals surface area contributed by atoms with E-state index in [0.29, 0.717) is 48.7 Å². The lowest BCUT2D eigenvalue weighted by Gasteiger charge is -2.28. The lowest BCUT2D eigenvalue weighted by Crippen LogP contribution is -2.34. The molecule has 0 unspecified atom stereocenters. The van der Waals surface area contributed by atoms with Crippen LogP contribution in [0.2, 0.25) is 0 Å². The first-order chi connectivity index (χ1) is 14.5. The highest BCUT2D eigenvalue weighted by atomic mass is 16.5. The van der Waals surface area contributed by atoms with Crippen LogP contribution in [-0.4, -0.2) is 46.8 Å². The molecule has 3 N–H and O–H groups in total. The first-order valence-electron chi connectivity index (χ1n) is 10.4. The minimum atomic E-state index is -0.970. The minimum Gasteiger partial charge on any atom is -0.478 e. The third-order valence-electron chi connectivity index (χ3n) is 5.41. The lowest BCUT2D eigenvalue weighted by molar-refractivity contribution is 0.0940. The van der Waals surface area contributed by atoms with Crippen LogP contribution in [0.25, 0.3) is 11.3 Å². The Labute approximate surface area is 176 Å². The normalized spacial score (nSPS) is 18.4. The molecule has 0 saturated heterocycles. The van der Waals surface area contributed by atoms with E-state index in [2.05, 4.69) is 20.6 Å². The van der Waals surface area contributed by atoms with E-state index in [9.17, 15) is 9.59 Å². The number of rotatable bonds is 8. The van der Waals surface area contributed by atoms with Crippen LogP contribution in [0.5, 0.6) is 5.88 Å². The number of carboxylic acid groups (broad SMARTS) is 1. The maximum absolute atomic E-state index is 12.6. The molecule has 1 saturated carbocycles. The Kier molecular flexibility index (Phi) is 7.59. The summed E-state index contributed by atoms with van der Waals surface area (Å²) < 4.78 is 5.35. The molecule has 0 bridgehead atoms. The second-order valence-electron chi connectivity index (χ2n) is 7.53. The summed E-state index contributed by atoms with van der Waals surface area (Å²) in [6.45, 7) is 3.59. The lowest BCUT2D eigenvalue weighted by atomic mass is 9.82. The van der Waals surface area contributed by atoms with Crippen LogP contribution in [0.1, 0.15) is 43.0 Å². The fourth-order valence-electron chi connectivity index (χ4n) is 3.71. The summed E-state index contributed by atoms with van der Waals surface area (Å²) in [4.78, 5) is 31.8. The number of ether oxygens (including phenoxy) is 1. The third kappa shape index (κ3) is 6.17. The van der Waals surface area contributed by atoms with Gasteiger partial charge in [-0.25, -0.2) is 9.78 Å². The van der Waals surface area contributed by atoms with Gasteiger partial charge in [-0.3, -0.25) is 9.78 Å². The van der Waals surface area contributed by atoms with Gasteiger partial charge in [-0.15, -0.1) is 0 Å². The topological polar surface area (TPSA) is 113 Å². The van der Waals surface area contributed by atoms with Gasteiger partial charge in [-0.2, -0.15) is 0 Å². The highest BCUT2D eigenvalue weighted by Gasteiger charge is 2.22. The predicted octanol–water partition coefficient (Wildman–Crippen LogP) is 3.35. The molecular formula is C22H28N4O4. The van der Waals surface area contributed by atoms with Gasteiger partial charge in [-0.1, -0.05) is 0 Å². The summed E-state index contributed by atoms with van der Waals surface area (Å²) in [5.74, 6) is 1.25. The van der Waals surface area contributed by atoms with Crippen molar-refractivity contribution in [2.75, 3.05) is 19.7 Å². The van der Waals surface area contributed by atoms with E-state index in [1.54, 1.807) is 30.6 Å². The number of nitrogens with zero attached hydrogens (tertiary/aromatic N) is 2. The number of amides is 2. The fourth-order valence-corrected chi connectivity index (χ4v) is 3.71. The van der Waals surface area contributed by atoms with E-state index >= 15 is 0 Å². The summed E-state index contributed by atoms with van der Waals surface area (Å²) in [6.07, 6.45) is 6.28. The summed E-state index contributed by atoms with van der Waals surface area (Å²) in [5, 5.41) is 14.2. The molecule has 3 rings (SSSR count). The molecule has 30 heavy (non-hydrogen) atoms. The average Bonchev–Trinajstić information content (AvgIpc) is 2.77. The van der Waals surface area contributed by atoms with Crippen molar-refractivity contribution in [2.45, 2.75) is 32.6 Å². The maximum atomic E-state index is 12.6. The van der Waals surface area contributed by atoms with Gasteiger partial charge in [0.15, 0.2) is 0 Å². The Hall–Kier alpha value is -3.16. The third-order valence-corrected chi connectivity index (χ3v) is 5.41. The molecule has 8 heteroatoms. The van der Waals surface area contributed by atoms with Gasteiger partial charge in [0.05, 0.1) is 12.3 Å². The standard InChI is InChI=1S/C22H28N4O4/c1-2-30-20-8-7-18(14-24-20)19-11-17(9-10-23-19)21(27)25-12-15-3-5-16(6-4-15)13-26-22(28)29/h7-11,14-16,26H,2-6,12-13H2,1H3,(H,25,27)(H,28,29). The van der Waals surface area contributed by atoms with Crippen molar-refractivity contribution in [3.63, 3.8) is 0 Å². The van der Waals surface area contributed by atoms with E-state index < -0.39 is 6.09 Å². The Bertz CT molecular complexity index is 848. The van der Waals surface area contributed by atoms with Crippen LogP contribution < -0.4 is 15.4 Å². The largest absolute Gasteiger partial charge is 0.478 e. The second-order valence-corrected chi connectivity index (χ2v) is 7.53. The summed E-state index contributed by atoms with van der Waals surface area (Å²) in [5.41, 5.74) is 2.07. The van der Waals surface area contributed by atoms with Crippen molar-refractivity contribution >= 4 is 12.0 Å². The van der Waals surface area contributed by atoms with Crippen molar-refractivity contribution in [1.82, 2.24) is 20.6 Å². The molecule has 1 fully saturated rings. The molecule has 0 aromatic carbocycles. The van der Waals surface area contributed by atoms with Gasteiger partial charge in [0.2, 0.25) is 5.88 Å². The van der Waals surface area contributed by atoms with Crippen LogP contribution in [-0.2, 0) is 0 Å². The number of pyridine rings is 2. The van der Waals surface area contributed by atoms with E-state index in [-0.39, 0.29) is 5.91 Å². The Balaban J connectivity index is 1.50. The molecule has 0 atom stereocenters. The molecule has 2 aromatic rings. The summed E-state index contributed by atoms with van der Waals surface area (Å²) in [6, 6.07) is 7.13. The number of aromatic nitrogens is 2. The molecular weight excluding hydrogens is 384 g/mol. The van der Waals surface area contributed by atoms with Gasteiger partial charge in [0, 0.05) is 42.7 Å². The molecule has 0 spiro atoms. The van der Waals surface area contributed by atoms with Gasteiger partial charge in [0.1, 0.15) is 0 Å². The minimum absolute atomic E-state index is 0.118. The molecule has 2 heterocycles. The number of carbonyl (C=O) groups is 2. The first kappa shape index (κ1) is 21.5. The molecule has 1 aliphatic rings. The highest BCUT2D eigenvalue weighted by Crippen LogP contribution is 2.28. The van der Waals surface area contributed by atoms with Crippen molar-refractivity contribution in [2.24, 2.45) is 11.8 Å². The molecule has 2 aromatic heterocycles. The van der Waals surface area contributed by atoms with E-state index in [1.165, 1.54) is 0 Å². The molecule has 8 nitrogen and oxygen atoms in total. The van der Waals surface area contributed by atoms with Crippen molar-refractivity contribution < 1.29 is 19.4 Å². The number of carbonyl (C=O) groups excluding carboxylic acids is 1. The summed E-state index contributed by atoms with van der Waals surface area (Å²) in [7, 11) is 0. The SMILES string of the molecule is CCOc1ccc(-c2cc(C(=O)NCC3CCC(CNC(=O)O)CC3)ccn2)cn1. The van der Waals surface area contributed by atoms with Crippen LogP contribution in [0.4, 0.5) is 4.79 Å². The molecule has 0 aliphatic heterocycles. The number of nitrogens with one attached hydrogen (secondary N) is 2. The van der Waals surface area contributed by atoms with Crippen molar-refractivity contribution in [3.8, 4) is 17.1 Å². The fraction of sp³-hybridized carbons (Fsp3) is 0.455. The Morgan fingerprint density at radius 1 is 1.07 bits per heavy atom. The zero-order chi connectivity index (χ0) is 21.3. The van der Waals surface area contributed by atoms with Gasteiger partial charge in [-0.05, 0) is 62.6 Å². The van der Waals surface area contributed by atoms with E-state index in [0.717, 1.165) is 31.2 Å². The van der Waals surface area contributed by atoms with E-state index in [1.807, 2.05) is 13.0 Å². The molecule has 1 aliphatic carbocycles. The zero-order valence-electron chi connectivity index (χ0n) is 17.1. The summed E-state index contributed by atoms with van der Waals surface area (Å²) >= 11 is 0. The highest BCUT2D eigenvalue weighted by molar-refractivity contribution is 5.95. The quantitative estimate of drug-likeness (QED) is 0.613.